The fourth-order valence-corrected chi connectivity index (χ4v) is 6.23. The monoisotopic (exact) mass is 386 g/mol. The van der Waals surface area contributed by atoms with Crippen molar-refractivity contribution < 1.29 is 14.6 Å². The Balaban J connectivity index is 1.57. The van der Waals surface area contributed by atoms with Gasteiger partial charge in [0.1, 0.15) is 6.10 Å². The molecule has 28 heavy (non-hydrogen) atoms. The second-order valence-electron chi connectivity index (χ2n) is 9.67. The number of hydrogen-bond acceptors (Lipinski definition) is 3. The Morgan fingerprint density at radius 2 is 1.93 bits per heavy atom. The van der Waals surface area contributed by atoms with Gasteiger partial charge in [0.2, 0.25) is 0 Å². The summed E-state index contributed by atoms with van der Waals surface area (Å²) in [5.41, 5.74) is 2.62. The van der Waals surface area contributed by atoms with Gasteiger partial charge in [-0.25, -0.2) is 0 Å². The van der Waals surface area contributed by atoms with Gasteiger partial charge in [0, 0.05) is 6.92 Å². The Morgan fingerprint density at radius 1 is 1.21 bits per heavy atom. The normalized spacial score (nSPS) is 31.8. The van der Waals surface area contributed by atoms with E-state index < -0.39 is 0 Å². The van der Waals surface area contributed by atoms with Gasteiger partial charge in [0.25, 0.3) is 0 Å². The summed E-state index contributed by atoms with van der Waals surface area (Å²) in [6.07, 6.45) is 8.73. The second-order valence-corrected chi connectivity index (χ2v) is 9.67. The molecule has 2 aliphatic rings. The number of hydrogen-bond donors (Lipinski definition) is 1. The van der Waals surface area contributed by atoms with Crippen molar-refractivity contribution in [3.63, 3.8) is 0 Å². The van der Waals surface area contributed by atoms with Gasteiger partial charge in [0.05, 0.1) is 6.10 Å². The second kappa shape index (κ2) is 8.98. The van der Waals surface area contributed by atoms with Crippen molar-refractivity contribution in [1.82, 2.24) is 0 Å². The van der Waals surface area contributed by atoms with Gasteiger partial charge in [-0.15, -0.1) is 0 Å². The molecule has 2 fully saturated rings. The number of aliphatic hydroxyl groups excluding tert-OH is 1. The average molecular weight is 387 g/mol. The predicted octanol–water partition coefficient (Wildman–Crippen LogP) is 5.98. The number of esters is 1. The van der Waals surface area contributed by atoms with E-state index in [2.05, 4.69) is 45.0 Å². The van der Waals surface area contributed by atoms with Crippen molar-refractivity contribution in [2.45, 2.75) is 91.3 Å². The zero-order valence-electron chi connectivity index (χ0n) is 18.1. The summed E-state index contributed by atoms with van der Waals surface area (Å²) in [6, 6.07) is 8.33. The first kappa shape index (κ1) is 21.4. The maximum Gasteiger partial charge on any atom is 0.303 e. The fraction of sp³-hybridized carbons (Fsp3) is 0.720. The highest BCUT2D eigenvalue weighted by atomic mass is 16.5. The largest absolute Gasteiger partial charge is 0.458 e. The van der Waals surface area contributed by atoms with Crippen LogP contribution in [0.15, 0.2) is 24.3 Å². The molecule has 0 saturated heterocycles. The van der Waals surface area contributed by atoms with Gasteiger partial charge in [0.15, 0.2) is 0 Å². The van der Waals surface area contributed by atoms with E-state index in [1.807, 2.05) is 0 Å². The molecule has 0 bridgehead atoms. The van der Waals surface area contributed by atoms with Crippen LogP contribution in [0.2, 0.25) is 0 Å². The summed E-state index contributed by atoms with van der Waals surface area (Å²) in [5.74, 6) is 1.64. The average Bonchev–Trinajstić information content (AvgIpc) is 2.99. The van der Waals surface area contributed by atoms with Gasteiger partial charge < -0.3 is 9.84 Å². The number of carbonyl (C=O) groups excluding carboxylic acids is 1. The first-order valence-electron chi connectivity index (χ1n) is 11.2. The third-order valence-corrected chi connectivity index (χ3v) is 7.73. The molecule has 3 nitrogen and oxygen atoms in total. The van der Waals surface area contributed by atoms with Gasteiger partial charge in [-0.1, -0.05) is 56.5 Å². The first-order valence-corrected chi connectivity index (χ1v) is 11.2. The van der Waals surface area contributed by atoms with Crippen LogP contribution >= 0.6 is 0 Å². The van der Waals surface area contributed by atoms with Crippen molar-refractivity contribution in [2.24, 2.45) is 23.2 Å². The van der Waals surface area contributed by atoms with Crippen LogP contribution in [-0.2, 0) is 9.53 Å². The summed E-state index contributed by atoms with van der Waals surface area (Å²) >= 11 is 0. The molecule has 6 atom stereocenters. The molecule has 0 radical (unpaired) electrons. The van der Waals surface area contributed by atoms with Crippen LogP contribution in [0, 0.1) is 30.1 Å². The maximum atomic E-state index is 11.6. The molecule has 2 aliphatic carbocycles. The highest BCUT2D eigenvalue weighted by molar-refractivity contribution is 5.66. The van der Waals surface area contributed by atoms with Crippen molar-refractivity contribution in [3.05, 3.63) is 35.4 Å². The molecule has 0 aromatic heterocycles. The standard InChI is InChI=1S/C25H38O3/c1-17-10-12-20(13-11-17)24(28-19(3)26)9-5-7-18(2)21-14-15-22-23(27)8-6-16-25(21,22)4/h10-13,18,21-24,27H,5-9,14-16H2,1-4H3/t18?,21-,22+,23+,24?,25-/m1/s1. The topological polar surface area (TPSA) is 46.5 Å². The van der Waals surface area contributed by atoms with Crippen LogP contribution in [0.3, 0.4) is 0 Å². The highest BCUT2D eigenvalue weighted by Gasteiger charge is 2.51. The lowest BCUT2D eigenvalue weighted by Gasteiger charge is -2.45. The predicted molar refractivity (Wildman–Crippen MR) is 113 cm³/mol. The quantitative estimate of drug-likeness (QED) is 0.586. The molecule has 1 aromatic carbocycles. The molecule has 2 unspecified atom stereocenters. The fourth-order valence-electron chi connectivity index (χ4n) is 6.23. The van der Waals surface area contributed by atoms with Gasteiger partial charge in [-0.2, -0.15) is 0 Å². The smallest absolute Gasteiger partial charge is 0.303 e. The molecule has 3 heteroatoms. The Bertz CT molecular complexity index is 652. The zero-order valence-corrected chi connectivity index (χ0v) is 18.1. The van der Waals surface area contributed by atoms with E-state index in [1.54, 1.807) is 0 Å². The lowest BCUT2D eigenvalue weighted by molar-refractivity contribution is -0.147. The van der Waals surface area contributed by atoms with E-state index in [9.17, 15) is 9.90 Å². The Kier molecular flexibility index (Phi) is 6.85. The minimum Gasteiger partial charge on any atom is -0.458 e. The number of carbonyl (C=O) groups is 1. The molecule has 3 rings (SSSR count). The SMILES string of the molecule is CC(=O)OC(CCCC(C)[C@H]1CC[C@H]2[C@@H](O)CCC[C@]12C)c1ccc(C)cc1. The number of rotatable bonds is 7. The third-order valence-electron chi connectivity index (χ3n) is 7.73. The van der Waals surface area contributed by atoms with Crippen LogP contribution < -0.4 is 0 Å². The van der Waals surface area contributed by atoms with Crippen molar-refractivity contribution in [3.8, 4) is 0 Å². The van der Waals surface area contributed by atoms with Crippen LogP contribution in [0.5, 0.6) is 0 Å². The molecule has 1 N–H and O–H groups in total. The van der Waals surface area contributed by atoms with E-state index in [-0.39, 0.29) is 18.2 Å². The molecule has 2 saturated carbocycles. The third kappa shape index (κ3) is 4.62. The van der Waals surface area contributed by atoms with Crippen molar-refractivity contribution in [1.29, 1.82) is 0 Å². The summed E-state index contributed by atoms with van der Waals surface area (Å²) in [6.45, 7) is 8.40. The van der Waals surface area contributed by atoms with Gasteiger partial charge >= 0.3 is 5.97 Å². The van der Waals surface area contributed by atoms with Crippen LogP contribution in [0.1, 0.15) is 89.4 Å². The summed E-state index contributed by atoms with van der Waals surface area (Å²) in [5, 5.41) is 10.5. The van der Waals surface area contributed by atoms with E-state index >= 15 is 0 Å². The molecule has 0 spiro atoms. The molecule has 156 valence electrons. The lowest BCUT2D eigenvalue weighted by atomic mass is 9.61. The Morgan fingerprint density at radius 3 is 2.61 bits per heavy atom. The number of aliphatic hydroxyl groups is 1. The number of aryl methyl sites for hydroxylation is 1. The van der Waals surface area contributed by atoms with E-state index in [1.165, 1.54) is 38.2 Å². The van der Waals surface area contributed by atoms with Crippen LogP contribution in [0.4, 0.5) is 0 Å². The molecular weight excluding hydrogens is 348 g/mol. The van der Waals surface area contributed by atoms with E-state index in [0.29, 0.717) is 23.2 Å². The van der Waals surface area contributed by atoms with E-state index in [0.717, 1.165) is 31.2 Å². The molecular formula is C25H38O3. The summed E-state index contributed by atoms with van der Waals surface area (Å²) in [7, 11) is 0. The Hall–Kier alpha value is -1.35. The summed E-state index contributed by atoms with van der Waals surface area (Å²) in [4.78, 5) is 11.6. The molecule has 1 aromatic rings. The van der Waals surface area contributed by atoms with E-state index in [4.69, 9.17) is 4.74 Å². The van der Waals surface area contributed by atoms with Crippen LogP contribution in [-0.4, -0.2) is 17.2 Å². The van der Waals surface area contributed by atoms with Crippen LogP contribution in [0.25, 0.3) is 0 Å². The summed E-state index contributed by atoms with van der Waals surface area (Å²) < 4.78 is 5.63. The maximum absolute atomic E-state index is 11.6. The minimum absolute atomic E-state index is 0.0918. The highest BCUT2D eigenvalue weighted by Crippen LogP contribution is 2.58. The van der Waals surface area contributed by atoms with Gasteiger partial charge in [-0.05, 0) is 74.2 Å². The number of fused-ring (bicyclic) bond motifs is 1. The minimum atomic E-state index is -0.207. The Labute approximate surface area is 170 Å². The number of benzene rings is 1. The zero-order chi connectivity index (χ0) is 20.3. The van der Waals surface area contributed by atoms with Crippen molar-refractivity contribution in [2.75, 3.05) is 0 Å². The lowest BCUT2D eigenvalue weighted by Crippen LogP contribution is -2.41. The molecule has 0 amide bonds. The first-order chi connectivity index (χ1) is 13.3. The molecule has 0 heterocycles. The molecule has 0 aliphatic heterocycles. The van der Waals surface area contributed by atoms with Crippen molar-refractivity contribution >= 4 is 5.97 Å². The van der Waals surface area contributed by atoms with Gasteiger partial charge in [-0.3, -0.25) is 4.79 Å². The number of ether oxygens (including phenoxy) is 1.